The number of pyridine rings is 1. The van der Waals surface area contributed by atoms with Gasteiger partial charge in [-0.2, -0.15) is 0 Å². The molecule has 0 N–H and O–H groups in total. The van der Waals surface area contributed by atoms with E-state index in [9.17, 15) is 9.59 Å². The number of benzene rings is 1. The van der Waals surface area contributed by atoms with Crippen molar-refractivity contribution >= 4 is 40.1 Å². The van der Waals surface area contributed by atoms with Gasteiger partial charge in [0.05, 0.1) is 21.9 Å². The lowest BCUT2D eigenvalue weighted by Crippen LogP contribution is -2.08. The molecule has 0 saturated carbocycles. The van der Waals surface area contributed by atoms with Gasteiger partial charge in [0.2, 0.25) is 5.12 Å². The summed E-state index contributed by atoms with van der Waals surface area (Å²) in [6.45, 7) is 2.08. The van der Waals surface area contributed by atoms with E-state index in [0.29, 0.717) is 17.9 Å². The highest BCUT2D eigenvalue weighted by Crippen LogP contribution is 2.40. The molecule has 0 aliphatic carbocycles. The minimum atomic E-state index is -0.382. The summed E-state index contributed by atoms with van der Waals surface area (Å²) in [6.07, 6.45) is 3.72. The summed E-state index contributed by atoms with van der Waals surface area (Å²) in [6, 6.07) is 14.8. The maximum absolute atomic E-state index is 12.7. The predicted octanol–water partition coefficient (Wildman–Crippen LogP) is 4.77. The highest BCUT2D eigenvalue weighted by atomic mass is 32.2. The molecule has 0 saturated heterocycles. The second kappa shape index (κ2) is 7.80. The van der Waals surface area contributed by atoms with Crippen LogP contribution in [-0.2, 0) is 4.74 Å². The average Bonchev–Trinajstić information content (AvgIpc) is 2.96. The fourth-order valence-corrected chi connectivity index (χ4v) is 4.50. The molecule has 3 rings (SSSR count). The van der Waals surface area contributed by atoms with Crippen molar-refractivity contribution in [3.05, 3.63) is 66.0 Å². The van der Waals surface area contributed by atoms with Crippen LogP contribution in [0.15, 0.2) is 64.5 Å². The zero-order chi connectivity index (χ0) is 17.8. The van der Waals surface area contributed by atoms with Gasteiger partial charge in [-0.25, -0.2) is 4.79 Å². The van der Waals surface area contributed by atoms with Crippen molar-refractivity contribution in [3.8, 4) is 0 Å². The number of aromatic nitrogens is 1. The first-order chi connectivity index (χ1) is 12.2. The van der Waals surface area contributed by atoms with E-state index in [-0.39, 0.29) is 11.1 Å². The summed E-state index contributed by atoms with van der Waals surface area (Å²) in [5.41, 5.74) is 1.92. The Morgan fingerprint density at radius 2 is 1.76 bits per heavy atom. The van der Waals surface area contributed by atoms with E-state index < -0.39 is 0 Å². The Morgan fingerprint density at radius 1 is 1.04 bits per heavy atom. The molecular weight excluding hydrogens is 354 g/mol. The highest BCUT2D eigenvalue weighted by Gasteiger charge is 2.25. The highest BCUT2D eigenvalue weighted by molar-refractivity contribution is 8.14. The van der Waals surface area contributed by atoms with Gasteiger partial charge in [-0.05, 0) is 37.1 Å². The summed E-state index contributed by atoms with van der Waals surface area (Å²) in [5, 5.41) is -0.0531. The van der Waals surface area contributed by atoms with E-state index in [4.69, 9.17) is 4.74 Å². The molecule has 0 aliphatic rings. The second-order valence-corrected chi connectivity index (χ2v) is 6.94. The van der Waals surface area contributed by atoms with Crippen molar-refractivity contribution in [2.75, 3.05) is 12.9 Å². The molecule has 0 atom stereocenters. The van der Waals surface area contributed by atoms with Crippen LogP contribution in [-0.4, -0.2) is 28.3 Å². The molecule has 25 heavy (non-hydrogen) atoms. The van der Waals surface area contributed by atoms with Crippen molar-refractivity contribution < 1.29 is 14.3 Å². The number of carbonyl (C=O) groups excluding carboxylic acids is 2. The average molecular weight is 371 g/mol. The van der Waals surface area contributed by atoms with E-state index in [1.807, 2.05) is 48.9 Å². The number of fused-ring (bicyclic) bond motifs is 1. The molecule has 6 heteroatoms. The number of hydrogen-bond acceptors (Lipinski definition) is 5. The molecule has 0 bridgehead atoms. The second-order valence-electron chi connectivity index (χ2n) is 5.14. The van der Waals surface area contributed by atoms with Gasteiger partial charge in [0.25, 0.3) is 0 Å². The number of nitrogens with zero attached hydrogens (tertiary/aromatic N) is 1. The Morgan fingerprint density at radius 3 is 2.44 bits per heavy atom. The Kier molecular flexibility index (Phi) is 5.50. The van der Waals surface area contributed by atoms with Crippen LogP contribution in [0, 0.1) is 0 Å². The van der Waals surface area contributed by atoms with E-state index in [0.717, 1.165) is 27.1 Å². The lowest BCUT2D eigenvalue weighted by Gasteiger charge is -2.05. The van der Waals surface area contributed by atoms with Crippen LogP contribution in [0.25, 0.3) is 5.52 Å². The summed E-state index contributed by atoms with van der Waals surface area (Å²) < 4.78 is 7.01. The van der Waals surface area contributed by atoms with Gasteiger partial charge in [0.15, 0.2) is 0 Å². The monoisotopic (exact) mass is 371 g/mol. The number of carbonyl (C=O) groups is 2. The van der Waals surface area contributed by atoms with Gasteiger partial charge in [-0.15, -0.1) is 11.8 Å². The SMILES string of the molecule is CCOC(=O)c1c(SC)c(SC(=O)c2ccccc2)c2ccccn12. The van der Waals surface area contributed by atoms with Crippen LogP contribution in [0.1, 0.15) is 27.8 Å². The zero-order valence-corrected chi connectivity index (χ0v) is 15.5. The molecule has 0 fully saturated rings. The van der Waals surface area contributed by atoms with Crippen LogP contribution >= 0.6 is 23.5 Å². The van der Waals surface area contributed by atoms with Gasteiger partial charge in [0, 0.05) is 11.8 Å². The molecule has 2 aromatic heterocycles. The molecule has 0 spiro atoms. The molecule has 0 radical (unpaired) electrons. The first kappa shape index (κ1) is 17.6. The third-order valence-corrected chi connectivity index (χ3v) is 5.61. The lowest BCUT2D eigenvalue weighted by molar-refractivity contribution is 0.0513. The first-order valence-electron chi connectivity index (χ1n) is 7.78. The third kappa shape index (κ3) is 3.45. The van der Waals surface area contributed by atoms with E-state index >= 15 is 0 Å². The van der Waals surface area contributed by atoms with E-state index in [2.05, 4.69) is 0 Å². The molecule has 0 amide bonds. The first-order valence-corrected chi connectivity index (χ1v) is 9.82. The quantitative estimate of drug-likeness (QED) is 0.477. The maximum Gasteiger partial charge on any atom is 0.356 e. The number of esters is 1. The zero-order valence-electron chi connectivity index (χ0n) is 13.9. The van der Waals surface area contributed by atoms with Crippen molar-refractivity contribution in [1.82, 2.24) is 4.40 Å². The summed E-state index contributed by atoms with van der Waals surface area (Å²) in [5.74, 6) is -0.382. The van der Waals surface area contributed by atoms with Gasteiger partial charge < -0.3 is 9.14 Å². The minimum absolute atomic E-state index is 0.0531. The summed E-state index contributed by atoms with van der Waals surface area (Å²) in [4.78, 5) is 26.7. The van der Waals surface area contributed by atoms with Crippen molar-refractivity contribution in [1.29, 1.82) is 0 Å². The van der Waals surface area contributed by atoms with Crippen LogP contribution in [0.2, 0.25) is 0 Å². The van der Waals surface area contributed by atoms with Gasteiger partial charge in [0.1, 0.15) is 5.69 Å². The molecular formula is C19H17NO3S2. The minimum Gasteiger partial charge on any atom is -0.461 e. The Labute approximate surface area is 154 Å². The fourth-order valence-electron chi connectivity index (χ4n) is 2.56. The predicted molar refractivity (Wildman–Crippen MR) is 102 cm³/mol. The third-order valence-electron chi connectivity index (χ3n) is 3.63. The van der Waals surface area contributed by atoms with Gasteiger partial charge in [-0.3, -0.25) is 4.79 Å². The van der Waals surface area contributed by atoms with Crippen LogP contribution < -0.4 is 0 Å². The molecule has 128 valence electrons. The van der Waals surface area contributed by atoms with Gasteiger partial charge in [-0.1, -0.05) is 36.4 Å². The molecule has 1 aromatic carbocycles. The largest absolute Gasteiger partial charge is 0.461 e. The van der Waals surface area contributed by atoms with Crippen LogP contribution in [0.4, 0.5) is 0 Å². The van der Waals surface area contributed by atoms with Crippen molar-refractivity contribution in [3.63, 3.8) is 0 Å². The maximum atomic E-state index is 12.7. The number of thioether (sulfide) groups is 2. The van der Waals surface area contributed by atoms with Crippen LogP contribution in [0.5, 0.6) is 0 Å². The Bertz CT molecular complexity index is 919. The molecule has 3 aromatic rings. The topological polar surface area (TPSA) is 47.8 Å². The Hall–Kier alpha value is -2.18. The van der Waals surface area contributed by atoms with Crippen molar-refractivity contribution in [2.45, 2.75) is 16.7 Å². The molecule has 2 heterocycles. The van der Waals surface area contributed by atoms with E-state index in [1.165, 1.54) is 11.8 Å². The van der Waals surface area contributed by atoms with E-state index in [1.54, 1.807) is 23.5 Å². The van der Waals surface area contributed by atoms with Gasteiger partial charge >= 0.3 is 5.97 Å². The molecule has 0 aliphatic heterocycles. The van der Waals surface area contributed by atoms with Crippen molar-refractivity contribution in [2.24, 2.45) is 0 Å². The number of ether oxygens (including phenoxy) is 1. The number of rotatable bonds is 5. The smallest absolute Gasteiger partial charge is 0.356 e. The normalized spacial score (nSPS) is 10.8. The summed E-state index contributed by atoms with van der Waals surface area (Å²) >= 11 is 2.59. The lowest BCUT2D eigenvalue weighted by atomic mass is 10.2. The standard InChI is InChI=1S/C19H17NO3S2/c1-3-23-18(21)15-17(24-2)16(14-11-7-8-12-20(14)15)25-19(22)13-9-5-4-6-10-13/h4-12H,3H2,1-2H3. The number of hydrogen-bond donors (Lipinski definition) is 0. The summed E-state index contributed by atoms with van der Waals surface area (Å²) in [7, 11) is 0. The fraction of sp³-hybridized carbons (Fsp3) is 0.158. The van der Waals surface area contributed by atoms with Crippen LogP contribution in [0.3, 0.4) is 0 Å². The Balaban J connectivity index is 2.11. The molecule has 0 unspecified atom stereocenters. The molecule has 4 nitrogen and oxygen atoms in total.